The van der Waals surface area contributed by atoms with Crippen molar-refractivity contribution >= 4 is 33.7 Å². The first-order valence-corrected chi connectivity index (χ1v) is 11.8. The summed E-state index contributed by atoms with van der Waals surface area (Å²) in [5.74, 6) is 0.744. The van der Waals surface area contributed by atoms with Gasteiger partial charge in [0.05, 0.1) is 0 Å². The molecule has 0 unspecified atom stereocenters. The van der Waals surface area contributed by atoms with E-state index in [9.17, 15) is 9.59 Å². The molecule has 0 aliphatic heterocycles. The van der Waals surface area contributed by atoms with Crippen LogP contribution in [0.25, 0.3) is 21.9 Å². The third-order valence-corrected chi connectivity index (χ3v) is 6.81. The molecule has 0 radical (unpaired) electrons. The first-order chi connectivity index (χ1) is 15.0. The van der Waals surface area contributed by atoms with E-state index in [-0.39, 0.29) is 11.2 Å². The normalized spacial score (nSPS) is 11.6. The Labute approximate surface area is 185 Å². The Bertz CT molecular complexity index is 1340. The lowest BCUT2D eigenvalue weighted by Crippen LogP contribution is -2.37. The van der Waals surface area contributed by atoms with Gasteiger partial charge in [-0.2, -0.15) is 0 Å². The molecule has 2 aromatic carbocycles. The zero-order valence-electron chi connectivity index (χ0n) is 18.3. The minimum Gasteiger partial charge on any atom is -0.313 e. The van der Waals surface area contributed by atoms with Gasteiger partial charge < -0.3 is 4.57 Å². The fourth-order valence-corrected chi connectivity index (χ4v) is 5.03. The first kappa shape index (κ1) is 21.4. The van der Waals surface area contributed by atoms with Crippen LogP contribution in [-0.4, -0.2) is 18.7 Å². The molecule has 4 aromatic rings. The molecule has 0 amide bonds. The minimum atomic E-state index is -0.348. The van der Waals surface area contributed by atoms with Crippen LogP contribution in [0.15, 0.2) is 57.2 Å². The summed E-state index contributed by atoms with van der Waals surface area (Å²) in [5.41, 5.74) is 1.58. The van der Waals surface area contributed by atoms with Crippen molar-refractivity contribution in [3.8, 4) is 0 Å². The largest absolute Gasteiger partial charge is 0.332 e. The SMILES string of the molecule is CCCCCCn1c(SCc2cccc3ccccc23)nc2c1c(=O)n(C)c(=O)n2C. The highest BCUT2D eigenvalue weighted by atomic mass is 32.2. The summed E-state index contributed by atoms with van der Waals surface area (Å²) < 4.78 is 4.66. The molecule has 6 nitrogen and oxygen atoms in total. The van der Waals surface area contributed by atoms with Gasteiger partial charge >= 0.3 is 5.69 Å². The Morgan fingerprint density at radius 3 is 2.52 bits per heavy atom. The summed E-state index contributed by atoms with van der Waals surface area (Å²) in [6, 6.07) is 14.7. The maximum Gasteiger partial charge on any atom is 0.332 e. The zero-order chi connectivity index (χ0) is 22.0. The topological polar surface area (TPSA) is 61.8 Å². The van der Waals surface area contributed by atoms with Crippen LogP contribution in [0.1, 0.15) is 38.2 Å². The lowest BCUT2D eigenvalue weighted by molar-refractivity contribution is 0.561. The van der Waals surface area contributed by atoms with Crippen molar-refractivity contribution in [3.05, 3.63) is 68.9 Å². The third kappa shape index (κ3) is 4.06. The quantitative estimate of drug-likeness (QED) is 0.302. The average molecular weight is 437 g/mol. The molecule has 0 saturated heterocycles. The molecule has 2 aromatic heterocycles. The van der Waals surface area contributed by atoms with E-state index in [4.69, 9.17) is 4.98 Å². The fraction of sp³-hybridized carbons (Fsp3) is 0.375. The summed E-state index contributed by atoms with van der Waals surface area (Å²) in [5, 5.41) is 3.23. The predicted molar refractivity (Wildman–Crippen MR) is 128 cm³/mol. The molecule has 4 rings (SSSR count). The molecule has 7 heteroatoms. The van der Waals surface area contributed by atoms with Crippen LogP contribution in [0.4, 0.5) is 0 Å². The molecular weight excluding hydrogens is 408 g/mol. The summed E-state index contributed by atoms with van der Waals surface area (Å²) in [6.07, 6.45) is 4.41. The number of rotatable bonds is 8. The van der Waals surface area contributed by atoms with Gasteiger partial charge in [0.2, 0.25) is 0 Å². The van der Waals surface area contributed by atoms with Crippen molar-refractivity contribution in [1.29, 1.82) is 0 Å². The monoisotopic (exact) mass is 436 g/mol. The molecule has 162 valence electrons. The maximum absolute atomic E-state index is 13.0. The van der Waals surface area contributed by atoms with E-state index in [1.54, 1.807) is 18.8 Å². The first-order valence-electron chi connectivity index (χ1n) is 10.8. The van der Waals surface area contributed by atoms with Crippen LogP contribution in [0, 0.1) is 0 Å². The van der Waals surface area contributed by atoms with Crippen molar-refractivity contribution in [3.63, 3.8) is 0 Å². The number of fused-ring (bicyclic) bond motifs is 2. The number of hydrogen-bond acceptors (Lipinski definition) is 4. The molecule has 0 saturated carbocycles. The summed E-state index contributed by atoms with van der Waals surface area (Å²) in [7, 11) is 3.21. The van der Waals surface area contributed by atoms with Gasteiger partial charge in [0.1, 0.15) is 0 Å². The average Bonchev–Trinajstić information content (AvgIpc) is 3.16. The highest BCUT2D eigenvalue weighted by Crippen LogP contribution is 2.29. The number of benzene rings is 2. The number of nitrogens with zero attached hydrogens (tertiary/aromatic N) is 4. The molecule has 0 bridgehead atoms. The number of imidazole rings is 1. The second-order valence-electron chi connectivity index (χ2n) is 7.91. The molecule has 0 spiro atoms. The predicted octanol–water partition coefficient (Wildman–Crippen LogP) is 4.46. The fourth-order valence-electron chi connectivity index (χ4n) is 4.00. The van der Waals surface area contributed by atoms with Crippen molar-refractivity contribution in [2.45, 2.75) is 50.1 Å². The zero-order valence-corrected chi connectivity index (χ0v) is 19.1. The van der Waals surface area contributed by atoms with Gasteiger partial charge in [0.25, 0.3) is 5.56 Å². The summed E-state index contributed by atoms with van der Waals surface area (Å²) in [4.78, 5) is 30.1. The van der Waals surface area contributed by atoms with E-state index in [1.807, 2.05) is 10.6 Å². The van der Waals surface area contributed by atoms with Crippen LogP contribution in [-0.2, 0) is 26.4 Å². The standard InChI is InChI=1S/C24H28N4O2S/c1-4-5-6-9-15-28-20-21(26(2)24(30)27(3)22(20)29)25-23(28)31-16-18-13-10-12-17-11-7-8-14-19(17)18/h7-8,10-14H,4-6,9,15-16H2,1-3H3. The highest BCUT2D eigenvalue weighted by Gasteiger charge is 2.19. The lowest BCUT2D eigenvalue weighted by atomic mass is 10.1. The third-order valence-electron chi connectivity index (χ3n) is 5.78. The number of aromatic nitrogens is 4. The molecule has 0 aliphatic rings. The van der Waals surface area contributed by atoms with E-state index in [1.165, 1.54) is 38.9 Å². The molecule has 31 heavy (non-hydrogen) atoms. The van der Waals surface area contributed by atoms with Crippen LogP contribution < -0.4 is 11.2 Å². The Morgan fingerprint density at radius 1 is 0.935 bits per heavy atom. The van der Waals surface area contributed by atoms with Crippen LogP contribution in [0.2, 0.25) is 0 Å². The maximum atomic E-state index is 13.0. The molecular formula is C24H28N4O2S. The van der Waals surface area contributed by atoms with Crippen LogP contribution in [0.3, 0.4) is 0 Å². The van der Waals surface area contributed by atoms with Gasteiger partial charge in [-0.05, 0) is 22.8 Å². The molecule has 2 heterocycles. The van der Waals surface area contributed by atoms with Gasteiger partial charge in [-0.3, -0.25) is 13.9 Å². The highest BCUT2D eigenvalue weighted by molar-refractivity contribution is 7.98. The number of hydrogen-bond donors (Lipinski definition) is 0. The van der Waals surface area contributed by atoms with Gasteiger partial charge in [-0.1, -0.05) is 80.4 Å². The van der Waals surface area contributed by atoms with Gasteiger partial charge in [-0.25, -0.2) is 9.78 Å². The Kier molecular flexibility index (Phi) is 6.32. The Hall–Kier alpha value is -2.80. The van der Waals surface area contributed by atoms with Crippen molar-refractivity contribution in [2.24, 2.45) is 14.1 Å². The van der Waals surface area contributed by atoms with Gasteiger partial charge in [-0.15, -0.1) is 0 Å². The molecule has 0 N–H and O–H groups in total. The van der Waals surface area contributed by atoms with Crippen molar-refractivity contribution in [1.82, 2.24) is 18.7 Å². The number of unbranched alkanes of at least 4 members (excludes halogenated alkanes) is 3. The van der Waals surface area contributed by atoms with Crippen molar-refractivity contribution < 1.29 is 0 Å². The van der Waals surface area contributed by atoms with E-state index in [2.05, 4.69) is 43.3 Å². The minimum absolute atomic E-state index is 0.280. The van der Waals surface area contributed by atoms with E-state index < -0.39 is 0 Å². The Morgan fingerprint density at radius 2 is 1.71 bits per heavy atom. The van der Waals surface area contributed by atoms with Crippen LogP contribution in [0.5, 0.6) is 0 Å². The lowest BCUT2D eigenvalue weighted by Gasteiger charge is -2.10. The molecule has 0 aliphatic carbocycles. The summed E-state index contributed by atoms with van der Waals surface area (Å²) >= 11 is 1.62. The number of aryl methyl sites for hydroxylation is 2. The van der Waals surface area contributed by atoms with Crippen molar-refractivity contribution in [2.75, 3.05) is 0 Å². The van der Waals surface area contributed by atoms with Gasteiger partial charge in [0.15, 0.2) is 16.3 Å². The molecule has 0 atom stereocenters. The smallest absolute Gasteiger partial charge is 0.313 e. The second-order valence-corrected chi connectivity index (χ2v) is 8.85. The second kappa shape index (κ2) is 9.14. The molecule has 0 fully saturated rings. The van der Waals surface area contributed by atoms with E-state index in [0.29, 0.717) is 11.2 Å². The Balaban J connectivity index is 1.75. The van der Waals surface area contributed by atoms with Crippen LogP contribution >= 0.6 is 11.8 Å². The van der Waals surface area contributed by atoms with Gasteiger partial charge in [0, 0.05) is 26.4 Å². The van der Waals surface area contributed by atoms with E-state index in [0.717, 1.165) is 36.7 Å². The number of thioether (sulfide) groups is 1. The summed E-state index contributed by atoms with van der Waals surface area (Å²) in [6.45, 7) is 2.91. The van der Waals surface area contributed by atoms with E-state index >= 15 is 0 Å².